The molecule has 0 saturated carbocycles. The van der Waals surface area contributed by atoms with Gasteiger partial charge in [-0.25, -0.2) is 4.18 Å². The van der Waals surface area contributed by atoms with Crippen LogP contribution < -0.4 is 0 Å². The van der Waals surface area contributed by atoms with Gasteiger partial charge in [-0.05, 0) is 6.42 Å². The molecule has 0 amide bonds. The zero-order valence-electron chi connectivity index (χ0n) is 13.6. The van der Waals surface area contributed by atoms with Gasteiger partial charge in [-0.1, -0.05) is 39.5 Å². The van der Waals surface area contributed by atoms with Gasteiger partial charge in [0.1, 0.15) is 12.2 Å². The number of aliphatic hydroxyl groups excluding tert-OH is 2. The predicted octanol–water partition coefficient (Wildman–Crippen LogP) is 0.876. The summed E-state index contributed by atoms with van der Waals surface area (Å²) in [5.41, 5.74) is 0. The van der Waals surface area contributed by atoms with E-state index in [2.05, 4.69) is 11.1 Å². The second kappa shape index (κ2) is 9.87. The van der Waals surface area contributed by atoms with Crippen molar-refractivity contribution in [3.63, 3.8) is 0 Å². The lowest BCUT2D eigenvalue weighted by Gasteiger charge is -2.40. The standard InChI is InChI=1S/C14H28O8S/c1-3-4-5-6-7-8-20-14-10(2)12(15)13(16)11(22-14)9-21-23(17,18)19/h10-16H,3-9H2,1-2H3,(H,17,18,19). The molecule has 1 saturated heterocycles. The molecule has 0 aliphatic carbocycles. The minimum absolute atomic E-state index is 0.452. The first-order chi connectivity index (χ1) is 10.8. The summed E-state index contributed by atoms with van der Waals surface area (Å²) < 4.78 is 45.1. The van der Waals surface area contributed by atoms with Gasteiger partial charge < -0.3 is 19.7 Å². The van der Waals surface area contributed by atoms with Gasteiger partial charge in [-0.3, -0.25) is 4.55 Å². The third-order valence-electron chi connectivity index (χ3n) is 3.92. The maximum absolute atomic E-state index is 10.6. The normalized spacial score (nSPS) is 32.1. The van der Waals surface area contributed by atoms with Crippen LogP contribution in [0.2, 0.25) is 0 Å². The third-order valence-corrected chi connectivity index (χ3v) is 4.35. The maximum atomic E-state index is 10.6. The average molecular weight is 356 g/mol. The molecule has 5 unspecified atom stereocenters. The molecule has 3 N–H and O–H groups in total. The van der Waals surface area contributed by atoms with Gasteiger partial charge >= 0.3 is 10.4 Å². The van der Waals surface area contributed by atoms with Crippen LogP contribution in [0.25, 0.3) is 0 Å². The monoisotopic (exact) mass is 356 g/mol. The summed E-state index contributed by atoms with van der Waals surface area (Å²) in [4.78, 5) is 0. The highest BCUT2D eigenvalue weighted by Gasteiger charge is 2.43. The number of ether oxygens (including phenoxy) is 2. The van der Waals surface area contributed by atoms with Crippen molar-refractivity contribution in [2.24, 2.45) is 5.92 Å². The molecule has 1 aliphatic rings. The lowest BCUT2D eigenvalue weighted by atomic mass is 9.92. The van der Waals surface area contributed by atoms with Crippen LogP contribution >= 0.6 is 0 Å². The van der Waals surface area contributed by atoms with Crippen molar-refractivity contribution in [2.45, 2.75) is 70.6 Å². The predicted molar refractivity (Wildman–Crippen MR) is 82.1 cm³/mol. The van der Waals surface area contributed by atoms with Crippen molar-refractivity contribution >= 4 is 10.4 Å². The zero-order chi connectivity index (χ0) is 17.5. The third kappa shape index (κ3) is 7.42. The van der Waals surface area contributed by atoms with E-state index in [9.17, 15) is 18.6 Å². The smallest absolute Gasteiger partial charge is 0.390 e. The number of hydrogen-bond acceptors (Lipinski definition) is 7. The van der Waals surface area contributed by atoms with E-state index >= 15 is 0 Å². The highest BCUT2D eigenvalue weighted by molar-refractivity contribution is 7.80. The summed E-state index contributed by atoms with van der Waals surface area (Å²) in [5.74, 6) is -0.470. The molecule has 23 heavy (non-hydrogen) atoms. The van der Waals surface area contributed by atoms with Crippen LogP contribution in [0.1, 0.15) is 46.0 Å². The second-order valence-electron chi connectivity index (χ2n) is 5.88. The molecule has 0 spiro atoms. The fraction of sp³-hybridized carbons (Fsp3) is 1.00. The number of unbranched alkanes of at least 4 members (excludes halogenated alkanes) is 4. The van der Waals surface area contributed by atoms with Crippen molar-refractivity contribution in [2.75, 3.05) is 13.2 Å². The van der Waals surface area contributed by atoms with Crippen molar-refractivity contribution in [1.82, 2.24) is 0 Å². The van der Waals surface area contributed by atoms with E-state index in [-0.39, 0.29) is 0 Å². The topological polar surface area (TPSA) is 123 Å². The average Bonchev–Trinajstić information content (AvgIpc) is 2.48. The molecule has 0 aromatic rings. The van der Waals surface area contributed by atoms with E-state index < -0.39 is 47.5 Å². The van der Waals surface area contributed by atoms with Crippen LogP contribution in [-0.2, 0) is 24.1 Å². The van der Waals surface area contributed by atoms with Crippen LogP contribution in [0.4, 0.5) is 0 Å². The molecule has 1 aliphatic heterocycles. The summed E-state index contributed by atoms with van der Waals surface area (Å²) in [7, 11) is -4.64. The van der Waals surface area contributed by atoms with Crippen LogP contribution in [0.5, 0.6) is 0 Å². The van der Waals surface area contributed by atoms with E-state index in [1.807, 2.05) is 0 Å². The first-order valence-electron chi connectivity index (χ1n) is 8.01. The Kier molecular flexibility index (Phi) is 8.91. The zero-order valence-corrected chi connectivity index (χ0v) is 14.4. The Labute approximate surface area is 137 Å². The van der Waals surface area contributed by atoms with Crippen molar-refractivity contribution in [3.05, 3.63) is 0 Å². The molecule has 0 aromatic heterocycles. The van der Waals surface area contributed by atoms with Crippen LogP contribution in [0.15, 0.2) is 0 Å². The lowest BCUT2D eigenvalue weighted by Crippen LogP contribution is -2.55. The Balaban J connectivity index is 2.45. The van der Waals surface area contributed by atoms with Gasteiger partial charge in [0.2, 0.25) is 0 Å². The lowest BCUT2D eigenvalue weighted by molar-refractivity contribution is -0.281. The van der Waals surface area contributed by atoms with E-state index in [0.29, 0.717) is 6.61 Å². The Morgan fingerprint density at radius 2 is 1.74 bits per heavy atom. The summed E-state index contributed by atoms with van der Waals surface area (Å²) in [6, 6.07) is 0. The summed E-state index contributed by atoms with van der Waals surface area (Å²) >= 11 is 0. The largest absolute Gasteiger partial charge is 0.397 e. The molecule has 0 aromatic carbocycles. The van der Waals surface area contributed by atoms with Crippen LogP contribution in [0.3, 0.4) is 0 Å². The van der Waals surface area contributed by atoms with E-state index in [4.69, 9.17) is 14.0 Å². The quantitative estimate of drug-likeness (QED) is 0.389. The van der Waals surface area contributed by atoms with Gasteiger partial charge in [-0.15, -0.1) is 0 Å². The first kappa shape index (κ1) is 20.8. The van der Waals surface area contributed by atoms with Crippen molar-refractivity contribution < 1.29 is 36.8 Å². The Morgan fingerprint density at radius 1 is 1.09 bits per heavy atom. The van der Waals surface area contributed by atoms with Crippen LogP contribution in [0, 0.1) is 5.92 Å². The molecule has 0 bridgehead atoms. The summed E-state index contributed by atoms with van der Waals surface area (Å²) in [6.07, 6.45) is 1.03. The number of aliphatic hydroxyl groups is 2. The molecule has 1 heterocycles. The highest BCUT2D eigenvalue weighted by Crippen LogP contribution is 2.27. The number of hydrogen-bond donors (Lipinski definition) is 3. The van der Waals surface area contributed by atoms with Gasteiger partial charge in [0, 0.05) is 12.5 Å². The van der Waals surface area contributed by atoms with Gasteiger partial charge in [0.05, 0.1) is 12.7 Å². The second-order valence-corrected chi connectivity index (χ2v) is 6.97. The molecular formula is C14H28O8S. The summed E-state index contributed by atoms with van der Waals surface area (Å²) in [6.45, 7) is 3.67. The fourth-order valence-corrected chi connectivity index (χ4v) is 2.76. The fourth-order valence-electron chi connectivity index (χ4n) is 2.46. The first-order valence-corrected chi connectivity index (χ1v) is 9.37. The van der Waals surface area contributed by atoms with E-state index in [0.717, 1.165) is 25.7 Å². The highest BCUT2D eigenvalue weighted by atomic mass is 32.3. The Bertz CT molecular complexity index is 426. The van der Waals surface area contributed by atoms with Crippen molar-refractivity contribution in [3.8, 4) is 0 Å². The summed E-state index contributed by atoms with van der Waals surface area (Å²) in [5, 5.41) is 19.9. The molecule has 9 heteroatoms. The Morgan fingerprint density at radius 3 is 2.35 bits per heavy atom. The minimum atomic E-state index is -4.64. The van der Waals surface area contributed by atoms with Gasteiger partial charge in [-0.2, -0.15) is 8.42 Å². The molecule has 1 fully saturated rings. The maximum Gasteiger partial charge on any atom is 0.397 e. The number of rotatable bonds is 10. The molecule has 1 rings (SSSR count). The van der Waals surface area contributed by atoms with E-state index in [1.165, 1.54) is 6.42 Å². The van der Waals surface area contributed by atoms with E-state index in [1.54, 1.807) is 6.92 Å². The van der Waals surface area contributed by atoms with Crippen molar-refractivity contribution in [1.29, 1.82) is 0 Å². The SMILES string of the molecule is CCCCCCCOC1OC(COS(=O)(=O)O)C(O)C(O)C1C. The molecule has 138 valence electrons. The van der Waals surface area contributed by atoms with Gasteiger partial charge in [0.15, 0.2) is 6.29 Å². The minimum Gasteiger partial charge on any atom is -0.390 e. The Hall–Kier alpha value is -0.290. The molecule has 5 atom stereocenters. The molecular weight excluding hydrogens is 328 g/mol. The van der Waals surface area contributed by atoms with Crippen LogP contribution in [-0.4, -0.2) is 61.0 Å². The van der Waals surface area contributed by atoms with Gasteiger partial charge in [0.25, 0.3) is 0 Å². The molecule has 0 radical (unpaired) electrons. The molecule has 8 nitrogen and oxygen atoms in total.